The molecule has 0 aliphatic carbocycles. The maximum absolute atomic E-state index is 12.1. The average molecular weight is 371 g/mol. The number of hydrazone groups is 1. The number of halogens is 1. The zero-order valence-corrected chi connectivity index (χ0v) is 14.5. The van der Waals surface area contributed by atoms with Crippen LogP contribution in [0.3, 0.4) is 0 Å². The van der Waals surface area contributed by atoms with Crippen LogP contribution in [0.25, 0.3) is 11.3 Å². The first kappa shape index (κ1) is 17.5. The third kappa shape index (κ3) is 3.84. The molecular weight excluding hydrogens is 356 g/mol. The lowest BCUT2D eigenvalue weighted by Gasteiger charge is -2.03. The van der Waals surface area contributed by atoms with Crippen LogP contribution in [0.2, 0.25) is 5.02 Å². The van der Waals surface area contributed by atoms with E-state index in [-0.39, 0.29) is 11.4 Å². The Kier molecular flexibility index (Phi) is 5.19. The number of phenolic OH excluding ortho intramolecular Hbond substituents is 1. The van der Waals surface area contributed by atoms with E-state index in [9.17, 15) is 9.90 Å². The summed E-state index contributed by atoms with van der Waals surface area (Å²) >= 11 is 6.13. The van der Waals surface area contributed by atoms with E-state index in [0.29, 0.717) is 22.0 Å². The van der Waals surface area contributed by atoms with Gasteiger partial charge in [-0.05, 0) is 35.9 Å². The number of aromatic amines is 1. The highest BCUT2D eigenvalue weighted by atomic mass is 35.5. The fourth-order valence-electron chi connectivity index (χ4n) is 2.25. The maximum atomic E-state index is 12.1. The van der Waals surface area contributed by atoms with E-state index in [4.69, 9.17) is 16.3 Å². The number of phenols is 1. The summed E-state index contributed by atoms with van der Waals surface area (Å²) in [6.07, 6.45) is 1.44. The lowest BCUT2D eigenvalue weighted by molar-refractivity contribution is 0.0950. The maximum Gasteiger partial charge on any atom is 0.289 e. The molecule has 0 aliphatic heterocycles. The molecule has 1 heterocycles. The van der Waals surface area contributed by atoms with Crippen LogP contribution in [0.4, 0.5) is 0 Å². The first-order chi connectivity index (χ1) is 12.6. The summed E-state index contributed by atoms with van der Waals surface area (Å²) in [5, 5.41) is 20.7. The van der Waals surface area contributed by atoms with Gasteiger partial charge in [-0.25, -0.2) is 5.43 Å². The molecule has 0 saturated carbocycles. The van der Waals surface area contributed by atoms with E-state index < -0.39 is 5.91 Å². The first-order valence-corrected chi connectivity index (χ1v) is 7.97. The van der Waals surface area contributed by atoms with Crippen LogP contribution in [0.1, 0.15) is 16.1 Å². The monoisotopic (exact) mass is 370 g/mol. The van der Waals surface area contributed by atoms with Gasteiger partial charge in [0.1, 0.15) is 5.69 Å². The lowest BCUT2D eigenvalue weighted by Crippen LogP contribution is -2.18. The Morgan fingerprint density at radius 1 is 1.31 bits per heavy atom. The van der Waals surface area contributed by atoms with Gasteiger partial charge in [0.15, 0.2) is 11.5 Å². The number of hydrogen-bond donors (Lipinski definition) is 3. The molecular formula is C18H15ClN4O3. The van der Waals surface area contributed by atoms with Crippen molar-refractivity contribution in [3.63, 3.8) is 0 Å². The molecule has 0 spiro atoms. The summed E-state index contributed by atoms with van der Waals surface area (Å²) in [6.45, 7) is 0. The third-order valence-corrected chi connectivity index (χ3v) is 3.89. The molecule has 132 valence electrons. The van der Waals surface area contributed by atoms with Gasteiger partial charge in [0, 0.05) is 5.56 Å². The van der Waals surface area contributed by atoms with Gasteiger partial charge in [-0.1, -0.05) is 29.8 Å². The van der Waals surface area contributed by atoms with Crippen molar-refractivity contribution in [2.45, 2.75) is 0 Å². The fourth-order valence-corrected chi connectivity index (χ4v) is 2.48. The molecule has 0 atom stereocenters. The topological polar surface area (TPSA) is 99.6 Å². The molecule has 1 amide bonds. The number of aromatic nitrogens is 2. The second-order valence-electron chi connectivity index (χ2n) is 5.28. The molecule has 3 aromatic rings. The Balaban J connectivity index is 1.68. The number of H-pyrrole nitrogens is 1. The molecule has 8 heteroatoms. The number of benzene rings is 2. The van der Waals surface area contributed by atoms with Crippen LogP contribution in [0.15, 0.2) is 53.6 Å². The molecule has 0 aliphatic rings. The Hall–Kier alpha value is -3.32. The number of hydrogen-bond acceptors (Lipinski definition) is 5. The van der Waals surface area contributed by atoms with Gasteiger partial charge in [0.25, 0.3) is 5.91 Å². The van der Waals surface area contributed by atoms with Crippen LogP contribution in [-0.4, -0.2) is 34.5 Å². The van der Waals surface area contributed by atoms with Crippen molar-refractivity contribution in [2.24, 2.45) is 5.10 Å². The van der Waals surface area contributed by atoms with Gasteiger partial charge in [-0.15, -0.1) is 0 Å². The molecule has 0 radical (unpaired) electrons. The van der Waals surface area contributed by atoms with E-state index in [1.807, 2.05) is 18.2 Å². The van der Waals surface area contributed by atoms with Gasteiger partial charge >= 0.3 is 0 Å². The Morgan fingerprint density at radius 3 is 2.88 bits per heavy atom. The fraction of sp³-hybridized carbons (Fsp3) is 0.0556. The minimum absolute atomic E-state index is 0.0262. The highest BCUT2D eigenvalue weighted by Gasteiger charge is 2.12. The zero-order valence-electron chi connectivity index (χ0n) is 13.7. The van der Waals surface area contributed by atoms with Crippen molar-refractivity contribution in [1.82, 2.24) is 15.6 Å². The molecule has 7 nitrogen and oxygen atoms in total. The number of nitrogens with one attached hydrogen (secondary N) is 2. The number of carbonyl (C=O) groups excluding carboxylic acids is 1. The number of aromatic hydroxyl groups is 1. The van der Waals surface area contributed by atoms with E-state index in [0.717, 1.165) is 5.56 Å². The van der Waals surface area contributed by atoms with Crippen LogP contribution >= 0.6 is 11.6 Å². The Morgan fingerprint density at radius 2 is 2.12 bits per heavy atom. The Bertz CT molecular complexity index is 969. The third-order valence-electron chi connectivity index (χ3n) is 3.56. The number of carbonyl (C=O) groups is 1. The highest BCUT2D eigenvalue weighted by molar-refractivity contribution is 6.33. The summed E-state index contributed by atoms with van der Waals surface area (Å²) in [7, 11) is 1.45. The number of amides is 1. The van der Waals surface area contributed by atoms with Crippen LogP contribution in [-0.2, 0) is 0 Å². The van der Waals surface area contributed by atoms with Crippen molar-refractivity contribution >= 4 is 23.7 Å². The largest absolute Gasteiger partial charge is 0.504 e. The number of rotatable bonds is 5. The normalized spacial score (nSPS) is 10.8. The standard InChI is InChI=1S/C18H15ClN4O3/c1-26-17-8-11(6-7-16(17)24)10-20-23-18(25)15-9-14(21-22-15)12-4-2-3-5-13(12)19/h2-10,24H,1H3,(H,21,22)(H,23,25)/b20-10+. The summed E-state index contributed by atoms with van der Waals surface area (Å²) in [4.78, 5) is 12.1. The molecule has 26 heavy (non-hydrogen) atoms. The quantitative estimate of drug-likeness (QED) is 0.474. The van der Waals surface area contributed by atoms with E-state index in [2.05, 4.69) is 20.7 Å². The predicted molar refractivity (Wildman–Crippen MR) is 98.8 cm³/mol. The molecule has 1 aromatic heterocycles. The van der Waals surface area contributed by atoms with Crippen molar-refractivity contribution < 1.29 is 14.6 Å². The molecule has 3 rings (SSSR count). The summed E-state index contributed by atoms with van der Waals surface area (Å²) in [6, 6.07) is 13.5. The number of ether oxygens (including phenoxy) is 1. The average Bonchev–Trinajstić information content (AvgIpc) is 3.13. The van der Waals surface area contributed by atoms with Crippen LogP contribution in [0.5, 0.6) is 11.5 Å². The zero-order chi connectivity index (χ0) is 18.5. The SMILES string of the molecule is COc1cc(/C=N/NC(=O)c2cc(-c3ccccc3Cl)n[nH]2)ccc1O. The van der Waals surface area contributed by atoms with Crippen molar-refractivity contribution in [3.05, 3.63) is 64.8 Å². The van der Waals surface area contributed by atoms with Gasteiger partial charge in [0.05, 0.1) is 24.0 Å². The highest BCUT2D eigenvalue weighted by Crippen LogP contribution is 2.26. The van der Waals surface area contributed by atoms with Crippen molar-refractivity contribution in [1.29, 1.82) is 0 Å². The van der Waals surface area contributed by atoms with E-state index in [1.165, 1.54) is 19.4 Å². The number of methoxy groups -OCH3 is 1. The number of nitrogens with zero attached hydrogens (tertiary/aromatic N) is 2. The Labute approximate surface area is 154 Å². The second-order valence-corrected chi connectivity index (χ2v) is 5.68. The van der Waals surface area contributed by atoms with Gasteiger partial charge in [0.2, 0.25) is 0 Å². The first-order valence-electron chi connectivity index (χ1n) is 7.59. The molecule has 0 saturated heterocycles. The minimum Gasteiger partial charge on any atom is -0.504 e. The summed E-state index contributed by atoms with van der Waals surface area (Å²) in [5.74, 6) is -0.103. The van der Waals surface area contributed by atoms with Crippen LogP contribution < -0.4 is 10.2 Å². The van der Waals surface area contributed by atoms with Crippen LogP contribution in [0, 0.1) is 0 Å². The van der Waals surface area contributed by atoms with Crippen molar-refractivity contribution in [3.8, 4) is 22.8 Å². The second kappa shape index (κ2) is 7.71. The molecule has 3 N–H and O–H groups in total. The van der Waals surface area contributed by atoms with Crippen molar-refractivity contribution in [2.75, 3.05) is 7.11 Å². The van der Waals surface area contributed by atoms with Gasteiger partial charge in [-0.2, -0.15) is 10.2 Å². The van der Waals surface area contributed by atoms with E-state index >= 15 is 0 Å². The van der Waals surface area contributed by atoms with E-state index in [1.54, 1.807) is 24.3 Å². The van der Waals surface area contributed by atoms with Gasteiger partial charge in [-0.3, -0.25) is 9.89 Å². The predicted octanol–water partition coefficient (Wildman–Crippen LogP) is 3.21. The molecule has 0 bridgehead atoms. The minimum atomic E-state index is -0.446. The molecule has 0 fully saturated rings. The smallest absolute Gasteiger partial charge is 0.289 e. The summed E-state index contributed by atoms with van der Waals surface area (Å²) < 4.78 is 5.01. The summed E-state index contributed by atoms with van der Waals surface area (Å²) in [5.41, 5.74) is 4.60. The molecule has 0 unspecified atom stereocenters. The lowest BCUT2D eigenvalue weighted by atomic mass is 10.1. The van der Waals surface area contributed by atoms with Gasteiger partial charge < -0.3 is 9.84 Å². The molecule has 2 aromatic carbocycles.